The Morgan fingerprint density at radius 3 is 2.33 bits per heavy atom. The van der Waals surface area contributed by atoms with Crippen molar-refractivity contribution >= 4 is 17.4 Å². The van der Waals surface area contributed by atoms with Crippen molar-refractivity contribution in [2.75, 3.05) is 5.32 Å². The van der Waals surface area contributed by atoms with Crippen LogP contribution in [0.25, 0.3) is 11.3 Å². The molecule has 1 amide bonds. The van der Waals surface area contributed by atoms with Gasteiger partial charge in [-0.2, -0.15) is 0 Å². The summed E-state index contributed by atoms with van der Waals surface area (Å²) in [6.07, 6.45) is 0. The number of benzene rings is 3. The average Bonchev–Trinajstić information content (AvgIpc) is 2.79. The first-order chi connectivity index (χ1) is 14.7. The van der Waals surface area contributed by atoms with Gasteiger partial charge >= 0.3 is 0 Å². The molecule has 1 heterocycles. The van der Waals surface area contributed by atoms with E-state index in [0.717, 1.165) is 11.3 Å². The van der Waals surface area contributed by atoms with Crippen LogP contribution in [0.5, 0.6) is 0 Å². The molecule has 3 aromatic carbocycles. The van der Waals surface area contributed by atoms with Crippen LogP contribution in [0.4, 0.5) is 15.9 Å². The van der Waals surface area contributed by atoms with E-state index in [1.54, 1.807) is 48.5 Å². The molecular formula is C24H19FN4O. The van der Waals surface area contributed by atoms with Crippen LogP contribution in [0.2, 0.25) is 0 Å². The molecule has 0 spiro atoms. The Balaban J connectivity index is 1.36. The van der Waals surface area contributed by atoms with Crippen molar-refractivity contribution in [3.8, 4) is 11.3 Å². The number of hydrogen-bond donors (Lipinski definition) is 2. The summed E-state index contributed by atoms with van der Waals surface area (Å²) in [6.45, 7) is 0.479. The molecule has 2 N–H and O–H groups in total. The van der Waals surface area contributed by atoms with E-state index in [0.29, 0.717) is 29.2 Å². The van der Waals surface area contributed by atoms with Crippen molar-refractivity contribution < 1.29 is 9.18 Å². The van der Waals surface area contributed by atoms with Crippen LogP contribution in [-0.2, 0) is 6.54 Å². The van der Waals surface area contributed by atoms with Crippen molar-refractivity contribution in [3.63, 3.8) is 0 Å². The van der Waals surface area contributed by atoms with Crippen LogP contribution < -0.4 is 10.6 Å². The lowest BCUT2D eigenvalue weighted by atomic mass is 10.1. The largest absolute Gasteiger partial charge is 0.348 e. The maximum Gasteiger partial charge on any atom is 0.251 e. The number of halogens is 1. The lowest BCUT2D eigenvalue weighted by Crippen LogP contribution is -2.22. The molecular weight excluding hydrogens is 379 g/mol. The normalized spacial score (nSPS) is 10.4. The monoisotopic (exact) mass is 398 g/mol. The molecule has 6 heteroatoms. The summed E-state index contributed by atoms with van der Waals surface area (Å²) in [7, 11) is 0. The zero-order valence-corrected chi connectivity index (χ0v) is 16.0. The molecule has 0 aliphatic heterocycles. The molecule has 1 aromatic heterocycles. The van der Waals surface area contributed by atoms with Crippen molar-refractivity contribution in [1.82, 2.24) is 15.5 Å². The molecule has 0 unspecified atom stereocenters. The second kappa shape index (κ2) is 8.96. The standard InChI is InChI=1S/C24H19FN4O/c25-20-8-4-7-19(15-20)22-13-14-23(29-28-22)27-21-11-9-18(10-12-21)24(30)26-16-17-5-2-1-3-6-17/h1-15H,16H2,(H,26,30)(H,27,29). The van der Waals surface area contributed by atoms with Crippen molar-refractivity contribution in [3.05, 3.63) is 108 Å². The molecule has 148 valence electrons. The number of hydrogen-bond acceptors (Lipinski definition) is 4. The summed E-state index contributed by atoms with van der Waals surface area (Å²) < 4.78 is 13.4. The summed E-state index contributed by atoms with van der Waals surface area (Å²) >= 11 is 0. The first-order valence-electron chi connectivity index (χ1n) is 9.46. The van der Waals surface area contributed by atoms with Gasteiger partial charge in [-0.25, -0.2) is 4.39 Å². The summed E-state index contributed by atoms with van der Waals surface area (Å²) in [6, 6.07) is 26.6. The van der Waals surface area contributed by atoms with E-state index in [1.165, 1.54) is 12.1 Å². The number of amides is 1. The molecule has 4 aromatic rings. The van der Waals surface area contributed by atoms with Gasteiger partial charge in [-0.05, 0) is 54.1 Å². The third kappa shape index (κ3) is 4.86. The molecule has 0 bridgehead atoms. The van der Waals surface area contributed by atoms with Crippen molar-refractivity contribution in [2.24, 2.45) is 0 Å². The molecule has 30 heavy (non-hydrogen) atoms. The van der Waals surface area contributed by atoms with E-state index in [1.807, 2.05) is 30.3 Å². The number of rotatable bonds is 6. The van der Waals surface area contributed by atoms with E-state index in [4.69, 9.17) is 0 Å². The Kier molecular flexibility index (Phi) is 5.75. The minimum absolute atomic E-state index is 0.135. The van der Waals surface area contributed by atoms with Gasteiger partial charge in [-0.3, -0.25) is 4.79 Å². The summed E-state index contributed by atoms with van der Waals surface area (Å²) in [5, 5.41) is 14.3. The minimum Gasteiger partial charge on any atom is -0.348 e. The topological polar surface area (TPSA) is 66.9 Å². The highest BCUT2D eigenvalue weighted by atomic mass is 19.1. The van der Waals surface area contributed by atoms with Gasteiger partial charge in [-0.1, -0.05) is 42.5 Å². The second-order valence-corrected chi connectivity index (χ2v) is 6.68. The van der Waals surface area contributed by atoms with Crippen molar-refractivity contribution in [1.29, 1.82) is 0 Å². The Labute approximate surface area is 173 Å². The Bertz CT molecular complexity index is 1130. The lowest BCUT2D eigenvalue weighted by Gasteiger charge is -2.08. The summed E-state index contributed by atoms with van der Waals surface area (Å²) in [5.74, 6) is 0.102. The highest BCUT2D eigenvalue weighted by Gasteiger charge is 2.06. The quantitative estimate of drug-likeness (QED) is 0.482. The van der Waals surface area contributed by atoms with E-state index in [2.05, 4.69) is 20.8 Å². The van der Waals surface area contributed by atoms with Gasteiger partial charge in [0.2, 0.25) is 0 Å². The zero-order chi connectivity index (χ0) is 20.8. The Morgan fingerprint density at radius 2 is 1.63 bits per heavy atom. The lowest BCUT2D eigenvalue weighted by molar-refractivity contribution is 0.0951. The van der Waals surface area contributed by atoms with Crippen LogP contribution >= 0.6 is 0 Å². The zero-order valence-electron chi connectivity index (χ0n) is 16.0. The number of carbonyl (C=O) groups is 1. The minimum atomic E-state index is -0.315. The highest BCUT2D eigenvalue weighted by molar-refractivity contribution is 5.94. The summed E-state index contributed by atoms with van der Waals surface area (Å²) in [4.78, 5) is 12.3. The van der Waals surface area contributed by atoms with Gasteiger partial charge in [0.05, 0.1) is 5.69 Å². The maximum atomic E-state index is 13.4. The molecule has 0 atom stereocenters. The number of carbonyl (C=O) groups excluding carboxylic acids is 1. The second-order valence-electron chi connectivity index (χ2n) is 6.68. The molecule has 0 fully saturated rings. The molecule has 4 rings (SSSR count). The van der Waals surface area contributed by atoms with E-state index < -0.39 is 0 Å². The van der Waals surface area contributed by atoms with Gasteiger partial charge in [0.1, 0.15) is 5.82 Å². The number of nitrogens with zero attached hydrogens (tertiary/aromatic N) is 2. The third-order valence-corrected chi connectivity index (χ3v) is 4.50. The molecule has 0 radical (unpaired) electrons. The number of nitrogens with one attached hydrogen (secondary N) is 2. The first kappa shape index (κ1) is 19.3. The summed E-state index contributed by atoms with van der Waals surface area (Å²) in [5.41, 5.74) is 3.65. The number of anilines is 2. The predicted octanol–water partition coefficient (Wildman–Crippen LogP) is 4.96. The molecule has 0 saturated carbocycles. The third-order valence-electron chi connectivity index (χ3n) is 4.50. The SMILES string of the molecule is O=C(NCc1ccccc1)c1ccc(Nc2ccc(-c3cccc(F)c3)nn2)cc1. The van der Waals surface area contributed by atoms with Crippen LogP contribution in [-0.4, -0.2) is 16.1 Å². The van der Waals surface area contributed by atoms with E-state index >= 15 is 0 Å². The van der Waals surface area contributed by atoms with Crippen LogP contribution in [0.1, 0.15) is 15.9 Å². The maximum absolute atomic E-state index is 13.4. The predicted molar refractivity (Wildman–Crippen MR) is 115 cm³/mol. The molecule has 0 aliphatic rings. The van der Waals surface area contributed by atoms with E-state index in [9.17, 15) is 9.18 Å². The fourth-order valence-corrected chi connectivity index (χ4v) is 2.93. The van der Waals surface area contributed by atoms with Gasteiger partial charge < -0.3 is 10.6 Å². The van der Waals surface area contributed by atoms with Gasteiger partial charge in [0.25, 0.3) is 5.91 Å². The average molecular weight is 398 g/mol. The Morgan fingerprint density at radius 1 is 0.833 bits per heavy atom. The highest BCUT2D eigenvalue weighted by Crippen LogP contribution is 2.20. The number of aromatic nitrogens is 2. The molecule has 0 saturated heterocycles. The van der Waals surface area contributed by atoms with Gasteiger partial charge in [0.15, 0.2) is 5.82 Å². The fourth-order valence-electron chi connectivity index (χ4n) is 2.93. The van der Waals surface area contributed by atoms with E-state index in [-0.39, 0.29) is 11.7 Å². The fraction of sp³-hybridized carbons (Fsp3) is 0.0417. The molecule has 5 nitrogen and oxygen atoms in total. The van der Waals surface area contributed by atoms with Gasteiger partial charge in [-0.15, -0.1) is 10.2 Å². The molecule has 0 aliphatic carbocycles. The van der Waals surface area contributed by atoms with Crippen LogP contribution in [0.3, 0.4) is 0 Å². The van der Waals surface area contributed by atoms with Gasteiger partial charge in [0, 0.05) is 23.4 Å². The first-order valence-corrected chi connectivity index (χ1v) is 9.46. The Hall–Kier alpha value is -4.06. The van der Waals surface area contributed by atoms with Crippen LogP contribution in [0, 0.1) is 5.82 Å². The van der Waals surface area contributed by atoms with Crippen LogP contribution in [0.15, 0.2) is 91.0 Å². The smallest absolute Gasteiger partial charge is 0.251 e. The van der Waals surface area contributed by atoms with Crippen molar-refractivity contribution in [2.45, 2.75) is 6.54 Å².